The summed E-state index contributed by atoms with van der Waals surface area (Å²) in [7, 11) is 0. The average molecular weight is 394 g/mol. The van der Waals surface area contributed by atoms with Crippen LogP contribution in [0.15, 0.2) is 58.0 Å². The van der Waals surface area contributed by atoms with Crippen molar-refractivity contribution in [3.8, 4) is 0 Å². The first kappa shape index (κ1) is 15.8. The summed E-state index contributed by atoms with van der Waals surface area (Å²) in [6.45, 7) is 0. The SMILES string of the molecule is Brc1ccc(C=Nc2ccc(C34CC5CC(CC(C5)C3)C4)cc2)cc1. The maximum absolute atomic E-state index is 4.65. The van der Waals surface area contributed by atoms with Crippen LogP contribution in [-0.2, 0) is 5.41 Å². The lowest BCUT2D eigenvalue weighted by molar-refractivity contribution is -0.00518. The molecule has 128 valence electrons. The number of benzene rings is 2. The Kier molecular flexibility index (Phi) is 3.85. The van der Waals surface area contributed by atoms with Gasteiger partial charge in [-0.1, -0.05) is 40.2 Å². The largest absolute Gasteiger partial charge is 0.256 e. The van der Waals surface area contributed by atoms with Crippen LogP contribution >= 0.6 is 15.9 Å². The Bertz CT molecular complexity index is 753. The van der Waals surface area contributed by atoms with Gasteiger partial charge in [0.1, 0.15) is 0 Å². The van der Waals surface area contributed by atoms with Crippen LogP contribution in [0.5, 0.6) is 0 Å². The molecule has 1 nitrogen and oxygen atoms in total. The molecule has 2 heteroatoms. The maximum Gasteiger partial charge on any atom is 0.0630 e. The second-order valence-electron chi connectivity index (χ2n) is 8.55. The molecule has 4 aliphatic rings. The van der Waals surface area contributed by atoms with E-state index in [1.165, 1.54) is 38.5 Å². The smallest absolute Gasteiger partial charge is 0.0630 e. The van der Waals surface area contributed by atoms with Gasteiger partial charge in [0.2, 0.25) is 0 Å². The second-order valence-corrected chi connectivity index (χ2v) is 9.47. The van der Waals surface area contributed by atoms with Gasteiger partial charge in [-0.15, -0.1) is 0 Å². The van der Waals surface area contributed by atoms with E-state index in [4.69, 9.17) is 0 Å². The molecule has 0 saturated heterocycles. The molecular formula is C23H24BrN. The fourth-order valence-corrected chi connectivity index (χ4v) is 6.33. The number of halogens is 1. The van der Waals surface area contributed by atoms with Crippen molar-refractivity contribution in [2.24, 2.45) is 22.7 Å². The fourth-order valence-electron chi connectivity index (χ4n) is 6.06. The molecule has 0 amide bonds. The Labute approximate surface area is 158 Å². The highest BCUT2D eigenvalue weighted by molar-refractivity contribution is 9.10. The minimum absolute atomic E-state index is 0.489. The third kappa shape index (κ3) is 2.99. The molecule has 0 atom stereocenters. The molecule has 4 fully saturated rings. The van der Waals surface area contributed by atoms with Crippen LogP contribution in [0.3, 0.4) is 0 Å². The zero-order valence-corrected chi connectivity index (χ0v) is 16.1. The van der Waals surface area contributed by atoms with E-state index in [2.05, 4.69) is 69.5 Å². The van der Waals surface area contributed by atoms with Gasteiger partial charge in [-0.05, 0) is 97.1 Å². The van der Waals surface area contributed by atoms with Crippen LogP contribution in [0, 0.1) is 17.8 Å². The molecule has 2 aromatic carbocycles. The monoisotopic (exact) mass is 393 g/mol. The number of hydrogen-bond donors (Lipinski definition) is 0. The minimum Gasteiger partial charge on any atom is -0.256 e. The molecule has 0 aromatic heterocycles. The fraction of sp³-hybridized carbons (Fsp3) is 0.435. The van der Waals surface area contributed by atoms with Crippen LogP contribution in [0.4, 0.5) is 5.69 Å². The number of hydrogen-bond acceptors (Lipinski definition) is 1. The van der Waals surface area contributed by atoms with Gasteiger partial charge in [0, 0.05) is 10.7 Å². The molecule has 0 radical (unpaired) electrons. The maximum atomic E-state index is 4.65. The first-order valence-electron chi connectivity index (χ1n) is 9.59. The van der Waals surface area contributed by atoms with Crippen molar-refractivity contribution in [1.82, 2.24) is 0 Å². The molecular weight excluding hydrogens is 370 g/mol. The summed E-state index contributed by atoms with van der Waals surface area (Å²) >= 11 is 3.47. The highest BCUT2D eigenvalue weighted by Crippen LogP contribution is 2.60. The zero-order valence-electron chi connectivity index (χ0n) is 14.5. The van der Waals surface area contributed by atoms with Crippen molar-refractivity contribution in [3.05, 3.63) is 64.1 Å². The molecule has 2 aromatic rings. The molecule has 0 aliphatic heterocycles. The van der Waals surface area contributed by atoms with Gasteiger partial charge in [0.15, 0.2) is 0 Å². The van der Waals surface area contributed by atoms with Gasteiger partial charge in [-0.2, -0.15) is 0 Å². The topological polar surface area (TPSA) is 12.4 Å². The quantitative estimate of drug-likeness (QED) is 0.516. The van der Waals surface area contributed by atoms with Crippen LogP contribution in [-0.4, -0.2) is 6.21 Å². The van der Waals surface area contributed by atoms with E-state index in [1.54, 1.807) is 5.56 Å². The van der Waals surface area contributed by atoms with Gasteiger partial charge in [0.05, 0.1) is 5.69 Å². The van der Waals surface area contributed by atoms with Crippen molar-refractivity contribution in [1.29, 1.82) is 0 Å². The number of nitrogens with zero attached hydrogens (tertiary/aromatic N) is 1. The van der Waals surface area contributed by atoms with E-state index in [0.29, 0.717) is 5.41 Å². The molecule has 0 unspecified atom stereocenters. The summed E-state index contributed by atoms with van der Waals surface area (Å²) in [5.41, 5.74) is 4.25. The van der Waals surface area contributed by atoms with E-state index in [1.807, 2.05) is 6.21 Å². The summed E-state index contributed by atoms with van der Waals surface area (Å²) in [4.78, 5) is 4.65. The Morgan fingerprint density at radius 2 is 1.36 bits per heavy atom. The van der Waals surface area contributed by atoms with Gasteiger partial charge in [0.25, 0.3) is 0 Å². The number of aliphatic imine (C=N–C) groups is 1. The molecule has 0 heterocycles. The van der Waals surface area contributed by atoms with Crippen molar-refractivity contribution < 1.29 is 0 Å². The standard InChI is InChI=1S/C23H24BrN/c24-21-5-1-16(2-6-21)15-25-22-7-3-20(4-8-22)23-12-17-9-18(13-23)11-19(10-17)14-23/h1-8,15,17-19H,9-14H2. The van der Waals surface area contributed by atoms with Gasteiger partial charge >= 0.3 is 0 Å². The summed E-state index contributed by atoms with van der Waals surface area (Å²) in [6.07, 6.45) is 10.8. The van der Waals surface area contributed by atoms with Crippen LogP contribution < -0.4 is 0 Å². The molecule has 25 heavy (non-hydrogen) atoms. The normalized spacial score (nSPS) is 33.2. The van der Waals surface area contributed by atoms with Gasteiger partial charge in [-0.25, -0.2) is 0 Å². The first-order chi connectivity index (χ1) is 12.2. The Hall–Kier alpha value is -1.41. The number of rotatable bonds is 3. The summed E-state index contributed by atoms with van der Waals surface area (Å²) in [6, 6.07) is 17.4. The van der Waals surface area contributed by atoms with E-state index in [9.17, 15) is 0 Å². The second kappa shape index (κ2) is 6.09. The highest BCUT2D eigenvalue weighted by atomic mass is 79.9. The minimum atomic E-state index is 0.489. The van der Waals surface area contributed by atoms with E-state index < -0.39 is 0 Å². The molecule has 0 spiro atoms. The Balaban J connectivity index is 1.36. The highest BCUT2D eigenvalue weighted by Gasteiger charge is 2.51. The molecule has 4 saturated carbocycles. The van der Waals surface area contributed by atoms with Crippen molar-refractivity contribution in [3.63, 3.8) is 0 Å². The predicted octanol–water partition coefficient (Wildman–Crippen LogP) is 6.67. The van der Waals surface area contributed by atoms with E-state index in [-0.39, 0.29) is 0 Å². The van der Waals surface area contributed by atoms with Crippen LogP contribution in [0.25, 0.3) is 0 Å². The van der Waals surface area contributed by atoms with Crippen molar-refractivity contribution >= 4 is 27.8 Å². The van der Waals surface area contributed by atoms with Crippen LogP contribution in [0.1, 0.15) is 49.7 Å². The third-order valence-corrected chi connectivity index (χ3v) is 7.28. The molecule has 4 aliphatic carbocycles. The van der Waals surface area contributed by atoms with E-state index in [0.717, 1.165) is 33.5 Å². The molecule has 6 rings (SSSR count). The molecule has 4 bridgehead atoms. The van der Waals surface area contributed by atoms with Crippen molar-refractivity contribution in [2.75, 3.05) is 0 Å². The van der Waals surface area contributed by atoms with Gasteiger partial charge in [-0.3, -0.25) is 4.99 Å². The van der Waals surface area contributed by atoms with E-state index >= 15 is 0 Å². The predicted molar refractivity (Wildman–Crippen MR) is 108 cm³/mol. The zero-order chi connectivity index (χ0) is 16.9. The lowest BCUT2D eigenvalue weighted by Crippen LogP contribution is -2.48. The first-order valence-corrected chi connectivity index (χ1v) is 10.4. The molecule has 0 N–H and O–H groups in total. The summed E-state index contributed by atoms with van der Waals surface area (Å²) < 4.78 is 1.10. The van der Waals surface area contributed by atoms with Crippen molar-refractivity contribution in [2.45, 2.75) is 43.9 Å². The summed E-state index contributed by atoms with van der Waals surface area (Å²) in [5.74, 6) is 3.00. The lowest BCUT2D eigenvalue weighted by atomic mass is 9.48. The third-order valence-electron chi connectivity index (χ3n) is 6.75. The Morgan fingerprint density at radius 1 is 0.800 bits per heavy atom. The lowest BCUT2D eigenvalue weighted by Gasteiger charge is -2.57. The Morgan fingerprint density at radius 3 is 1.92 bits per heavy atom. The van der Waals surface area contributed by atoms with Crippen LogP contribution in [0.2, 0.25) is 0 Å². The average Bonchev–Trinajstić information content (AvgIpc) is 2.60. The van der Waals surface area contributed by atoms with Gasteiger partial charge < -0.3 is 0 Å². The summed E-state index contributed by atoms with van der Waals surface area (Å²) in [5, 5.41) is 0.